The van der Waals surface area contributed by atoms with E-state index in [0.717, 1.165) is 37.5 Å². The standard InChI is InChI=1S/C14H20N4/c1-11(2)17-5-7-18(8-6-17)14-9-12-3-4-15-13(12)10-16-14/h3-4,9-11,15H,5-8H2,1-2H3. The number of anilines is 1. The molecular formula is C14H20N4. The second kappa shape index (κ2) is 4.61. The lowest BCUT2D eigenvalue weighted by molar-refractivity contribution is 0.209. The highest BCUT2D eigenvalue weighted by Crippen LogP contribution is 2.19. The van der Waals surface area contributed by atoms with Crippen LogP contribution in [0.5, 0.6) is 0 Å². The molecule has 4 nitrogen and oxygen atoms in total. The maximum absolute atomic E-state index is 4.55. The molecule has 4 heteroatoms. The van der Waals surface area contributed by atoms with Crippen molar-refractivity contribution in [3.63, 3.8) is 0 Å². The summed E-state index contributed by atoms with van der Waals surface area (Å²) in [7, 11) is 0. The van der Waals surface area contributed by atoms with Gasteiger partial charge in [-0.25, -0.2) is 4.98 Å². The van der Waals surface area contributed by atoms with Crippen molar-refractivity contribution < 1.29 is 0 Å². The fourth-order valence-electron chi connectivity index (χ4n) is 2.58. The lowest BCUT2D eigenvalue weighted by Gasteiger charge is -2.37. The molecular weight excluding hydrogens is 224 g/mol. The van der Waals surface area contributed by atoms with E-state index in [2.05, 4.69) is 45.7 Å². The number of hydrogen-bond acceptors (Lipinski definition) is 3. The first kappa shape index (κ1) is 11.5. The molecule has 1 aliphatic heterocycles. The molecule has 96 valence electrons. The summed E-state index contributed by atoms with van der Waals surface area (Å²) in [5.74, 6) is 1.10. The largest absolute Gasteiger partial charge is 0.360 e. The van der Waals surface area contributed by atoms with Gasteiger partial charge in [0.05, 0.1) is 11.7 Å². The Hall–Kier alpha value is -1.55. The summed E-state index contributed by atoms with van der Waals surface area (Å²) < 4.78 is 0. The molecule has 0 radical (unpaired) electrons. The van der Waals surface area contributed by atoms with E-state index in [1.165, 1.54) is 5.39 Å². The van der Waals surface area contributed by atoms with E-state index in [0.29, 0.717) is 6.04 Å². The Kier molecular flexibility index (Phi) is 2.96. The summed E-state index contributed by atoms with van der Waals surface area (Å²) in [5.41, 5.74) is 1.11. The van der Waals surface area contributed by atoms with Gasteiger partial charge in [-0.2, -0.15) is 0 Å². The second-order valence-corrected chi connectivity index (χ2v) is 5.22. The Bertz CT molecular complexity index is 523. The van der Waals surface area contributed by atoms with Crippen molar-refractivity contribution in [1.82, 2.24) is 14.9 Å². The van der Waals surface area contributed by atoms with Crippen LogP contribution in [-0.4, -0.2) is 47.1 Å². The van der Waals surface area contributed by atoms with Gasteiger partial charge in [0.25, 0.3) is 0 Å². The number of rotatable bonds is 2. The molecule has 3 rings (SSSR count). The topological polar surface area (TPSA) is 35.2 Å². The quantitative estimate of drug-likeness (QED) is 0.878. The van der Waals surface area contributed by atoms with Crippen molar-refractivity contribution in [2.75, 3.05) is 31.1 Å². The van der Waals surface area contributed by atoms with Crippen molar-refractivity contribution in [2.45, 2.75) is 19.9 Å². The third-order valence-electron chi connectivity index (χ3n) is 3.79. The van der Waals surface area contributed by atoms with Crippen molar-refractivity contribution in [1.29, 1.82) is 0 Å². The maximum atomic E-state index is 4.55. The molecule has 0 saturated carbocycles. The average Bonchev–Trinajstić information content (AvgIpc) is 2.86. The second-order valence-electron chi connectivity index (χ2n) is 5.22. The molecule has 3 heterocycles. The number of H-pyrrole nitrogens is 1. The highest BCUT2D eigenvalue weighted by Gasteiger charge is 2.19. The van der Waals surface area contributed by atoms with Crippen LogP contribution in [0.4, 0.5) is 5.82 Å². The smallest absolute Gasteiger partial charge is 0.129 e. The predicted molar refractivity (Wildman–Crippen MR) is 75.0 cm³/mol. The van der Waals surface area contributed by atoms with Gasteiger partial charge < -0.3 is 9.88 Å². The van der Waals surface area contributed by atoms with Crippen LogP contribution in [0.25, 0.3) is 10.9 Å². The summed E-state index contributed by atoms with van der Waals surface area (Å²) in [4.78, 5) is 12.6. The zero-order valence-electron chi connectivity index (χ0n) is 11.1. The Morgan fingerprint density at radius 1 is 1.22 bits per heavy atom. The molecule has 0 spiro atoms. The Labute approximate surface area is 108 Å². The minimum atomic E-state index is 0.646. The molecule has 1 N–H and O–H groups in total. The van der Waals surface area contributed by atoms with Gasteiger partial charge in [-0.15, -0.1) is 0 Å². The van der Waals surface area contributed by atoms with E-state index in [-0.39, 0.29) is 0 Å². The SMILES string of the molecule is CC(C)N1CCN(c2cc3cc[nH]c3cn2)CC1. The molecule has 0 aliphatic carbocycles. The molecule has 0 bridgehead atoms. The number of aromatic amines is 1. The fraction of sp³-hybridized carbons (Fsp3) is 0.500. The number of nitrogens with one attached hydrogen (secondary N) is 1. The van der Waals surface area contributed by atoms with Crippen molar-refractivity contribution in [3.8, 4) is 0 Å². The molecule has 1 fully saturated rings. The zero-order chi connectivity index (χ0) is 12.5. The van der Waals surface area contributed by atoms with Gasteiger partial charge in [0.1, 0.15) is 5.82 Å². The van der Waals surface area contributed by atoms with Crippen LogP contribution in [0.3, 0.4) is 0 Å². The summed E-state index contributed by atoms with van der Waals surface area (Å²) in [5, 5.41) is 1.24. The van der Waals surface area contributed by atoms with E-state index in [1.807, 2.05) is 12.4 Å². The van der Waals surface area contributed by atoms with Gasteiger partial charge in [0.15, 0.2) is 0 Å². The third kappa shape index (κ3) is 2.08. The molecule has 1 aliphatic rings. The normalized spacial score (nSPS) is 17.8. The van der Waals surface area contributed by atoms with Gasteiger partial charge in [-0.3, -0.25) is 4.90 Å². The van der Waals surface area contributed by atoms with Gasteiger partial charge in [-0.05, 0) is 26.0 Å². The molecule has 0 unspecified atom stereocenters. The van der Waals surface area contributed by atoms with Crippen LogP contribution < -0.4 is 4.90 Å². The molecule has 18 heavy (non-hydrogen) atoms. The highest BCUT2D eigenvalue weighted by molar-refractivity contribution is 5.81. The lowest BCUT2D eigenvalue weighted by Crippen LogP contribution is -2.49. The van der Waals surface area contributed by atoms with Crippen molar-refractivity contribution in [2.24, 2.45) is 0 Å². The van der Waals surface area contributed by atoms with Crippen LogP contribution >= 0.6 is 0 Å². The summed E-state index contributed by atoms with van der Waals surface area (Å²) >= 11 is 0. The molecule has 0 amide bonds. The average molecular weight is 244 g/mol. The van der Waals surface area contributed by atoms with Crippen LogP contribution in [0.2, 0.25) is 0 Å². The van der Waals surface area contributed by atoms with Crippen LogP contribution in [0, 0.1) is 0 Å². The zero-order valence-corrected chi connectivity index (χ0v) is 11.1. The van der Waals surface area contributed by atoms with Crippen molar-refractivity contribution >= 4 is 16.7 Å². The lowest BCUT2D eigenvalue weighted by atomic mass is 10.2. The van der Waals surface area contributed by atoms with E-state index >= 15 is 0 Å². The first-order valence-electron chi connectivity index (χ1n) is 6.66. The van der Waals surface area contributed by atoms with Crippen LogP contribution in [0.15, 0.2) is 24.5 Å². The van der Waals surface area contributed by atoms with E-state index in [9.17, 15) is 0 Å². The third-order valence-corrected chi connectivity index (χ3v) is 3.79. The number of hydrogen-bond donors (Lipinski definition) is 1. The predicted octanol–water partition coefficient (Wildman–Crippen LogP) is 2.09. The summed E-state index contributed by atoms with van der Waals surface area (Å²) in [6.45, 7) is 8.93. The number of piperazine rings is 1. The molecule has 2 aromatic heterocycles. The maximum Gasteiger partial charge on any atom is 0.129 e. The number of pyridine rings is 1. The monoisotopic (exact) mass is 244 g/mol. The first-order chi connectivity index (χ1) is 8.74. The van der Waals surface area contributed by atoms with E-state index < -0.39 is 0 Å². The van der Waals surface area contributed by atoms with Gasteiger partial charge in [-0.1, -0.05) is 0 Å². The minimum Gasteiger partial charge on any atom is -0.360 e. The summed E-state index contributed by atoms with van der Waals surface area (Å²) in [6.07, 6.45) is 3.90. The van der Waals surface area contributed by atoms with Gasteiger partial charge in [0.2, 0.25) is 0 Å². The van der Waals surface area contributed by atoms with Crippen LogP contribution in [0.1, 0.15) is 13.8 Å². The highest BCUT2D eigenvalue weighted by atomic mass is 15.3. The van der Waals surface area contributed by atoms with E-state index in [1.54, 1.807) is 0 Å². The van der Waals surface area contributed by atoms with Crippen LogP contribution in [-0.2, 0) is 0 Å². The Morgan fingerprint density at radius 3 is 2.72 bits per heavy atom. The van der Waals surface area contributed by atoms with Gasteiger partial charge in [0, 0.05) is 43.8 Å². The number of fused-ring (bicyclic) bond motifs is 1. The minimum absolute atomic E-state index is 0.646. The van der Waals surface area contributed by atoms with Crippen molar-refractivity contribution in [3.05, 3.63) is 24.5 Å². The molecule has 0 atom stereocenters. The fourth-order valence-corrected chi connectivity index (χ4v) is 2.58. The number of nitrogens with zero attached hydrogens (tertiary/aromatic N) is 3. The van der Waals surface area contributed by atoms with E-state index in [4.69, 9.17) is 0 Å². The van der Waals surface area contributed by atoms with Gasteiger partial charge >= 0.3 is 0 Å². The molecule has 0 aromatic carbocycles. The summed E-state index contributed by atoms with van der Waals surface area (Å²) in [6, 6.07) is 4.93. The first-order valence-corrected chi connectivity index (χ1v) is 6.66. The number of aromatic nitrogens is 2. The Morgan fingerprint density at radius 2 is 2.00 bits per heavy atom. The Balaban J connectivity index is 1.75. The molecule has 2 aromatic rings. The molecule has 1 saturated heterocycles.